The van der Waals surface area contributed by atoms with Crippen molar-refractivity contribution in [3.63, 3.8) is 0 Å². The van der Waals surface area contributed by atoms with Gasteiger partial charge in [-0.2, -0.15) is 4.57 Å². The van der Waals surface area contributed by atoms with Gasteiger partial charge in [-0.05, 0) is 11.4 Å². The zero-order valence-electron chi connectivity index (χ0n) is 9.40. The maximum atomic E-state index is 9.87. The molecule has 0 unspecified atom stereocenters. The van der Waals surface area contributed by atoms with Crippen LogP contribution in [0.3, 0.4) is 0 Å². The van der Waals surface area contributed by atoms with Crippen molar-refractivity contribution in [3.05, 3.63) is 53.0 Å². The van der Waals surface area contributed by atoms with Crippen LogP contribution in [0.25, 0.3) is 0 Å². The van der Waals surface area contributed by atoms with Crippen molar-refractivity contribution in [2.75, 3.05) is 0 Å². The van der Waals surface area contributed by atoms with Crippen molar-refractivity contribution in [2.45, 2.75) is 6.54 Å². The Kier molecular flexibility index (Phi) is 3.98. The molecule has 2 aromatic heterocycles. The third-order valence-electron chi connectivity index (χ3n) is 1.70. The molecule has 0 bridgehead atoms. The summed E-state index contributed by atoms with van der Waals surface area (Å²) in [4.78, 5) is 1.39. The fourth-order valence-electron chi connectivity index (χ4n) is 1.12. The molecule has 1 nitrogen and oxygen atoms in total. The molecular weight excluding hydrogens is 311 g/mol. The second-order valence-electron chi connectivity index (χ2n) is 3.59. The van der Waals surface area contributed by atoms with Gasteiger partial charge in [0, 0.05) is 12.1 Å². The van der Waals surface area contributed by atoms with Gasteiger partial charge in [0.15, 0.2) is 18.9 Å². The summed E-state index contributed by atoms with van der Waals surface area (Å²) in [5, 5.41) is 2.11. The summed E-state index contributed by atoms with van der Waals surface area (Å²) in [6.45, 7) is 0.985. The summed E-state index contributed by atoms with van der Waals surface area (Å²) in [7, 11) is -10.7. The van der Waals surface area contributed by atoms with Gasteiger partial charge in [-0.25, -0.2) is 0 Å². The largest absolute Gasteiger partial charge is 0.200 e. The van der Waals surface area contributed by atoms with Gasteiger partial charge in [-0.1, -0.05) is 12.1 Å². The monoisotopic (exact) mass is 321 g/mol. The summed E-state index contributed by atoms with van der Waals surface area (Å²) < 4.78 is 61.4. The van der Waals surface area contributed by atoms with E-state index in [0.717, 1.165) is 6.54 Å². The van der Waals surface area contributed by atoms with Gasteiger partial charge in [0.25, 0.3) is 0 Å². The topological polar surface area (TPSA) is 3.88 Å². The van der Waals surface area contributed by atoms with Crippen molar-refractivity contribution in [1.29, 1.82) is 0 Å². The maximum Gasteiger partial charge on any atom is 0.182 e. The average Bonchev–Trinajstić information content (AvgIpc) is 2.67. The molecule has 0 aliphatic heterocycles. The van der Waals surface area contributed by atoms with Crippen molar-refractivity contribution in [2.24, 2.45) is 0 Å². The Hall–Kier alpha value is -1.14. The summed E-state index contributed by atoms with van der Waals surface area (Å²) in [6, 6.07) is 10.4. The van der Waals surface area contributed by atoms with E-state index >= 15 is 0 Å². The number of hydrogen-bond acceptors (Lipinski definition) is 1. The molecule has 0 radical (unpaired) electrons. The average molecular weight is 321 g/mol. The third-order valence-corrected chi connectivity index (χ3v) is 2.56. The normalized spacial score (nSPS) is 14.8. The van der Waals surface area contributed by atoms with E-state index in [9.17, 15) is 25.2 Å². The van der Waals surface area contributed by atoms with Gasteiger partial charge < -0.3 is 0 Å². The van der Waals surface area contributed by atoms with E-state index in [-0.39, 0.29) is 0 Å². The van der Waals surface area contributed by atoms with Crippen LogP contribution in [-0.4, -0.2) is 0 Å². The molecule has 108 valence electrons. The minimum Gasteiger partial charge on any atom is -0.200 e. The third kappa shape index (κ3) is 11.7. The first-order chi connectivity index (χ1) is 8.40. The van der Waals surface area contributed by atoms with Crippen LogP contribution in [-0.2, 0) is 6.54 Å². The van der Waals surface area contributed by atoms with E-state index in [1.807, 2.05) is 18.2 Å². The number of aromatic nitrogens is 1. The van der Waals surface area contributed by atoms with Crippen LogP contribution >= 0.6 is 19.1 Å². The molecule has 0 saturated carbocycles. The Morgan fingerprint density at radius 3 is 1.84 bits per heavy atom. The molecule has 2 heterocycles. The van der Waals surface area contributed by atoms with E-state index in [2.05, 4.69) is 34.5 Å². The standard InChI is InChI=1S/C10H10NS.F6P/c1-2-6-11(7-3-1)9-10-5-4-8-12-10;1-7(2,3,4,5)6/h1-8H,9H2;/q+1;-1. The van der Waals surface area contributed by atoms with Crippen LogP contribution in [0.4, 0.5) is 25.2 Å². The number of pyridine rings is 1. The van der Waals surface area contributed by atoms with Crippen molar-refractivity contribution in [1.82, 2.24) is 0 Å². The van der Waals surface area contributed by atoms with E-state index in [4.69, 9.17) is 0 Å². The van der Waals surface area contributed by atoms with E-state index < -0.39 is 7.81 Å². The predicted octanol–water partition coefficient (Wildman–Crippen LogP) is 5.47. The molecule has 2 rings (SSSR count). The minimum atomic E-state index is -10.7. The SMILES string of the molecule is F[P-](F)(F)(F)(F)F.c1cc[n+](Cc2cccs2)cc1. The maximum absolute atomic E-state index is 10.7. The summed E-state index contributed by atoms with van der Waals surface area (Å²) >= 11 is 1.80. The van der Waals surface area contributed by atoms with Crippen LogP contribution in [0, 0.1) is 0 Å². The molecule has 19 heavy (non-hydrogen) atoms. The van der Waals surface area contributed by atoms with Gasteiger partial charge in [-0.15, -0.1) is 11.3 Å². The Morgan fingerprint density at radius 2 is 1.42 bits per heavy atom. The number of nitrogens with zero attached hydrogens (tertiary/aromatic N) is 1. The smallest absolute Gasteiger partial charge is 0.182 e. The van der Waals surface area contributed by atoms with Gasteiger partial charge >= 0.3 is 33.0 Å². The summed E-state index contributed by atoms with van der Waals surface area (Å²) in [5.74, 6) is 0. The van der Waals surface area contributed by atoms with E-state index in [0.29, 0.717) is 0 Å². The molecule has 0 spiro atoms. The summed E-state index contributed by atoms with van der Waals surface area (Å²) in [5.41, 5.74) is 0. The zero-order valence-corrected chi connectivity index (χ0v) is 11.1. The quantitative estimate of drug-likeness (QED) is 0.392. The number of thiophene rings is 1. The van der Waals surface area contributed by atoms with Crippen LogP contribution in [0.1, 0.15) is 4.88 Å². The van der Waals surface area contributed by atoms with Crippen molar-refractivity contribution in [3.8, 4) is 0 Å². The molecule has 0 fully saturated rings. The van der Waals surface area contributed by atoms with Gasteiger partial charge in [0.1, 0.15) is 0 Å². The zero-order chi connectivity index (χ0) is 14.6. The molecule has 2 aromatic rings. The summed E-state index contributed by atoms with van der Waals surface area (Å²) in [6.07, 6.45) is 4.17. The van der Waals surface area contributed by atoms with Crippen LogP contribution < -0.4 is 4.57 Å². The van der Waals surface area contributed by atoms with Gasteiger partial charge in [-0.3, -0.25) is 0 Å². The Morgan fingerprint density at radius 1 is 0.895 bits per heavy atom. The molecular formula is C10H10F6NPS. The van der Waals surface area contributed by atoms with Crippen LogP contribution in [0.5, 0.6) is 0 Å². The van der Waals surface area contributed by atoms with Crippen molar-refractivity contribution >= 4 is 19.1 Å². The van der Waals surface area contributed by atoms with Gasteiger partial charge in [0.2, 0.25) is 0 Å². The first-order valence-corrected chi connectivity index (χ1v) is 7.84. The molecule has 0 amide bonds. The molecule has 0 N–H and O–H groups in total. The van der Waals surface area contributed by atoms with E-state index in [1.54, 1.807) is 11.3 Å². The van der Waals surface area contributed by atoms with Crippen LogP contribution in [0.2, 0.25) is 0 Å². The Bertz CT molecular complexity index is 496. The molecule has 0 aromatic carbocycles. The second kappa shape index (κ2) is 4.76. The second-order valence-corrected chi connectivity index (χ2v) is 6.53. The van der Waals surface area contributed by atoms with Crippen molar-refractivity contribution < 1.29 is 29.7 Å². The number of rotatable bonds is 2. The molecule has 0 saturated heterocycles. The minimum absolute atomic E-state index is 0.985. The Labute approximate surface area is 109 Å². The van der Waals surface area contributed by atoms with Gasteiger partial charge in [0.05, 0.1) is 4.88 Å². The Balaban J connectivity index is 0.000000224. The molecule has 0 aliphatic carbocycles. The van der Waals surface area contributed by atoms with E-state index in [1.165, 1.54) is 4.88 Å². The number of halogens is 6. The molecule has 0 aliphatic rings. The van der Waals surface area contributed by atoms with Crippen LogP contribution in [0.15, 0.2) is 48.1 Å². The predicted molar refractivity (Wildman–Crippen MR) is 63.6 cm³/mol. The molecule has 0 atom stereocenters. The fourth-order valence-corrected chi connectivity index (χ4v) is 1.83. The first-order valence-electron chi connectivity index (χ1n) is 4.93. The number of hydrogen-bond donors (Lipinski definition) is 0. The fraction of sp³-hybridized carbons (Fsp3) is 0.100. The molecule has 9 heteroatoms. The first kappa shape index (κ1) is 15.9.